The highest BCUT2D eigenvalue weighted by molar-refractivity contribution is 6.00. The van der Waals surface area contributed by atoms with Crippen molar-refractivity contribution in [1.82, 2.24) is 4.90 Å². The summed E-state index contributed by atoms with van der Waals surface area (Å²) in [7, 11) is 4.67. The van der Waals surface area contributed by atoms with Gasteiger partial charge < -0.3 is 24.8 Å². The second-order valence-corrected chi connectivity index (χ2v) is 4.41. The fourth-order valence-corrected chi connectivity index (χ4v) is 1.69. The number of methoxy groups -OCH3 is 2. The van der Waals surface area contributed by atoms with E-state index >= 15 is 0 Å². The molecule has 0 unspecified atom stereocenters. The van der Waals surface area contributed by atoms with Gasteiger partial charge in [0.1, 0.15) is 5.75 Å². The van der Waals surface area contributed by atoms with Crippen LogP contribution < -0.4 is 10.1 Å². The maximum absolute atomic E-state index is 12.0. The van der Waals surface area contributed by atoms with Crippen molar-refractivity contribution in [3.63, 3.8) is 0 Å². The van der Waals surface area contributed by atoms with E-state index in [2.05, 4.69) is 5.32 Å². The van der Waals surface area contributed by atoms with Gasteiger partial charge in [0.15, 0.2) is 0 Å². The number of amides is 2. The molecule has 0 radical (unpaired) electrons. The second-order valence-electron chi connectivity index (χ2n) is 4.41. The van der Waals surface area contributed by atoms with Crippen LogP contribution in [0.15, 0.2) is 18.2 Å². The predicted molar refractivity (Wildman–Crippen MR) is 78.1 cm³/mol. The van der Waals surface area contributed by atoms with Gasteiger partial charge in [-0.1, -0.05) is 0 Å². The topological polar surface area (TPSA) is 88.1 Å². The highest BCUT2D eigenvalue weighted by Crippen LogP contribution is 2.22. The van der Waals surface area contributed by atoms with E-state index in [1.807, 2.05) is 0 Å². The summed E-state index contributed by atoms with van der Waals surface area (Å²) < 4.78 is 9.89. The Labute approximate surface area is 123 Å². The number of anilines is 1. The van der Waals surface area contributed by atoms with Gasteiger partial charge in [-0.2, -0.15) is 0 Å². The third-order valence-corrected chi connectivity index (χ3v) is 2.89. The highest BCUT2D eigenvalue weighted by atomic mass is 16.5. The molecule has 0 saturated heterocycles. The average Bonchev–Trinajstić information content (AvgIpc) is 2.47. The summed E-state index contributed by atoms with van der Waals surface area (Å²) in [5.41, 5.74) is 0.208. The molecular formula is C14H20N2O5. The second kappa shape index (κ2) is 8.11. The number of aromatic carboxylic acids is 1. The first-order valence-corrected chi connectivity index (χ1v) is 6.42. The van der Waals surface area contributed by atoms with Crippen molar-refractivity contribution >= 4 is 17.7 Å². The number of hydrogen-bond donors (Lipinski definition) is 2. The van der Waals surface area contributed by atoms with Gasteiger partial charge in [0.2, 0.25) is 0 Å². The van der Waals surface area contributed by atoms with E-state index in [0.29, 0.717) is 25.3 Å². The number of ether oxygens (including phenoxy) is 2. The van der Waals surface area contributed by atoms with Gasteiger partial charge in [0.05, 0.1) is 18.4 Å². The lowest BCUT2D eigenvalue weighted by Crippen LogP contribution is -2.33. The van der Waals surface area contributed by atoms with E-state index in [4.69, 9.17) is 9.47 Å². The molecule has 1 rings (SSSR count). The lowest BCUT2D eigenvalue weighted by Gasteiger charge is -2.18. The third kappa shape index (κ3) is 4.96. The summed E-state index contributed by atoms with van der Waals surface area (Å²) in [5.74, 6) is -0.718. The first kappa shape index (κ1) is 16.8. The lowest BCUT2D eigenvalue weighted by atomic mass is 10.1. The third-order valence-electron chi connectivity index (χ3n) is 2.89. The van der Waals surface area contributed by atoms with Gasteiger partial charge in [-0.25, -0.2) is 9.59 Å². The fourth-order valence-electron chi connectivity index (χ4n) is 1.69. The van der Waals surface area contributed by atoms with Crippen molar-refractivity contribution in [2.45, 2.75) is 6.42 Å². The van der Waals surface area contributed by atoms with Gasteiger partial charge in [-0.05, 0) is 24.6 Å². The molecule has 1 aromatic carbocycles. The van der Waals surface area contributed by atoms with E-state index in [0.717, 1.165) is 0 Å². The molecule has 1 aromatic rings. The van der Waals surface area contributed by atoms with Gasteiger partial charge in [-0.15, -0.1) is 0 Å². The lowest BCUT2D eigenvalue weighted by molar-refractivity contribution is 0.0697. The summed E-state index contributed by atoms with van der Waals surface area (Å²) in [4.78, 5) is 24.7. The van der Waals surface area contributed by atoms with Crippen LogP contribution in [0.3, 0.4) is 0 Å². The van der Waals surface area contributed by atoms with Gasteiger partial charge in [0, 0.05) is 27.3 Å². The Morgan fingerprint density at radius 1 is 1.33 bits per heavy atom. The zero-order valence-electron chi connectivity index (χ0n) is 12.4. The van der Waals surface area contributed by atoms with Crippen LogP contribution in [0.2, 0.25) is 0 Å². The summed E-state index contributed by atoms with van der Waals surface area (Å²) in [6, 6.07) is 4.08. The number of rotatable bonds is 7. The van der Waals surface area contributed by atoms with E-state index in [1.165, 1.54) is 24.1 Å². The van der Waals surface area contributed by atoms with Gasteiger partial charge in [0.25, 0.3) is 0 Å². The molecule has 0 aliphatic carbocycles. The number of carboxylic acid groups (broad SMARTS) is 1. The highest BCUT2D eigenvalue weighted by Gasteiger charge is 2.15. The standard InChI is InChI=1S/C14H20N2O5/c1-16(7-4-8-20-2)14(19)15-12-6-5-10(21-3)9-11(12)13(17)18/h5-6,9H,4,7-8H2,1-3H3,(H,15,19)(H,17,18). The normalized spacial score (nSPS) is 10.0. The van der Waals surface area contributed by atoms with Crippen LogP contribution in [0, 0.1) is 0 Å². The number of carbonyl (C=O) groups is 2. The van der Waals surface area contributed by atoms with Crippen molar-refractivity contribution in [2.24, 2.45) is 0 Å². The molecule has 0 fully saturated rings. The largest absolute Gasteiger partial charge is 0.497 e. The Hall–Kier alpha value is -2.28. The molecule has 21 heavy (non-hydrogen) atoms. The minimum Gasteiger partial charge on any atom is -0.497 e. The molecule has 116 valence electrons. The number of urea groups is 1. The SMILES string of the molecule is COCCCN(C)C(=O)Nc1ccc(OC)cc1C(=O)O. The average molecular weight is 296 g/mol. The van der Waals surface area contributed by atoms with Crippen LogP contribution in [0.25, 0.3) is 0 Å². The minimum atomic E-state index is -1.13. The number of nitrogens with one attached hydrogen (secondary N) is 1. The number of hydrogen-bond acceptors (Lipinski definition) is 4. The van der Waals surface area contributed by atoms with Crippen molar-refractivity contribution in [3.8, 4) is 5.75 Å². The Morgan fingerprint density at radius 2 is 2.05 bits per heavy atom. The van der Waals surface area contributed by atoms with E-state index in [9.17, 15) is 14.7 Å². The van der Waals surface area contributed by atoms with Crippen LogP contribution >= 0.6 is 0 Å². The predicted octanol–water partition coefficient (Wildman–Crippen LogP) is 1.89. The zero-order valence-corrected chi connectivity index (χ0v) is 12.4. The number of benzene rings is 1. The fraction of sp³-hybridized carbons (Fsp3) is 0.429. The minimum absolute atomic E-state index is 0.0204. The molecule has 0 aromatic heterocycles. The molecule has 2 N–H and O–H groups in total. The molecule has 2 amide bonds. The summed E-state index contributed by atoms with van der Waals surface area (Å²) in [6.07, 6.45) is 0.703. The van der Waals surface area contributed by atoms with Crippen molar-refractivity contribution in [2.75, 3.05) is 39.7 Å². The van der Waals surface area contributed by atoms with E-state index in [1.54, 1.807) is 20.2 Å². The maximum atomic E-state index is 12.0. The van der Waals surface area contributed by atoms with Crippen LogP contribution in [0.4, 0.5) is 10.5 Å². The molecule has 0 saturated carbocycles. The van der Waals surface area contributed by atoms with E-state index < -0.39 is 5.97 Å². The number of carboxylic acids is 1. The monoisotopic (exact) mass is 296 g/mol. The molecular weight excluding hydrogens is 276 g/mol. The summed E-state index contributed by atoms with van der Waals surface area (Å²) in [5, 5.41) is 11.8. The molecule has 0 aliphatic heterocycles. The van der Waals surface area contributed by atoms with Crippen molar-refractivity contribution in [3.05, 3.63) is 23.8 Å². The first-order chi connectivity index (χ1) is 9.99. The van der Waals surface area contributed by atoms with Gasteiger partial charge >= 0.3 is 12.0 Å². The van der Waals surface area contributed by atoms with Crippen molar-refractivity contribution < 1.29 is 24.2 Å². The molecule has 0 aliphatic rings. The Balaban J connectivity index is 2.77. The van der Waals surface area contributed by atoms with Gasteiger partial charge in [-0.3, -0.25) is 0 Å². The smallest absolute Gasteiger partial charge is 0.337 e. The van der Waals surface area contributed by atoms with Crippen LogP contribution in [0.5, 0.6) is 5.75 Å². The molecule has 0 atom stereocenters. The number of carbonyl (C=O) groups excluding carboxylic acids is 1. The first-order valence-electron chi connectivity index (χ1n) is 6.42. The zero-order chi connectivity index (χ0) is 15.8. The molecule has 7 heteroatoms. The van der Waals surface area contributed by atoms with Crippen LogP contribution in [0.1, 0.15) is 16.8 Å². The number of nitrogens with zero attached hydrogens (tertiary/aromatic N) is 1. The molecule has 0 spiro atoms. The Morgan fingerprint density at radius 3 is 2.62 bits per heavy atom. The summed E-state index contributed by atoms with van der Waals surface area (Å²) >= 11 is 0. The summed E-state index contributed by atoms with van der Waals surface area (Å²) in [6.45, 7) is 1.07. The van der Waals surface area contributed by atoms with E-state index in [-0.39, 0.29) is 17.3 Å². The molecule has 7 nitrogen and oxygen atoms in total. The Bertz CT molecular complexity index is 504. The Kier molecular flexibility index (Phi) is 6.48. The maximum Gasteiger partial charge on any atom is 0.337 e. The molecule has 0 heterocycles. The van der Waals surface area contributed by atoms with Crippen LogP contribution in [-0.4, -0.2) is 56.4 Å². The molecule has 0 bridgehead atoms. The quantitative estimate of drug-likeness (QED) is 0.750. The van der Waals surface area contributed by atoms with Crippen LogP contribution in [-0.2, 0) is 4.74 Å². The van der Waals surface area contributed by atoms with Crippen molar-refractivity contribution in [1.29, 1.82) is 0 Å².